The van der Waals surface area contributed by atoms with E-state index in [1.54, 1.807) is 0 Å². The normalized spacial score (nSPS) is 26.6. The van der Waals surface area contributed by atoms with E-state index in [0.29, 0.717) is 25.1 Å². The fourth-order valence-corrected chi connectivity index (χ4v) is 2.88. The van der Waals surface area contributed by atoms with Gasteiger partial charge < -0.3 is 15.4 Å². The van der Waals surface area contributed by atoms with Crippen molar-refractivity contribution in [2.75, 3.05) is 39.3 Å². The molecule has 0 aromatic rings. The Morgan fingerprint density at radius 2 is 2.11 bits per heavy atom. The molecular weight excluding hydrogens is 242 g/mol. The lowest BCUT2D eigenvalue weighted by Crippen LogP contribution is -2.52. The highest BCUT2D eigenvalue weighted by Gasteiger charge is 2.24. The van der Waals surface area contributed by atoms with Crippen LogP contribution in [0.15, 0.2) is 0 Å². The van der Waals surface area contributed by atoms with E-state index in [4.69, 9.17) is 10.5 Å². The molecule has 0 saturated carbocycles. The van der Waals surface area contributed by atoms with Crippen LogP contribution in [0, 0.1) is 0 Å². The minimum Gasteiger partial charge on any atom is -0.378 e. The third-order valence-corrected chi connectivity index (χ3v) is 4.34. The maximum absolute atomic E-state index is 12.1. The summed E-state index contributed by atoms with van der Waals surface area (Å²) in [5.41, 5.74) is 5.68. The number of hydrogen-bond donors (Lipinski definition) is 1. The molecule has 0 aromatic heterocycles. The van der Waals surface area contributed by atoms with Crippen LogP contribution in [0.4, 0.5) is 0 Å². The summed E-state index contributed by atoms with van der Waals surface area (Å²) in [5, 5.41) is 0. The number of carbonyl (C=O) groups is 1. The Balaban J connectivity index is 1.67. The van der Waals surface area contributed by atoms with Crippen molar-refractivity contribution in [1.82, 2.24) is 9.80 Å². The highest BCUT2D eigenvalue weighted by atomic mass is 16.5. The van der Waals surface area contributed by atoms with Crippen LogP contribution in [0.2, 0.25) is 0 Å². The molecule has 2 aliphatic heterocycles. The van der Waals surface area contributed by atoms with Crippen molar-refractivity contribution in [2.24, 2.45) is 5.73 Å². The van der Waals surface area contributed by atoms with Crippen LogP contribution < -0.4 is 5.73 Å². The molecule has 2 heterocycles. The van der Waals surface area contributed by atoms with E-state index in [2.05, 4.69) is 11.8 Å². The lowest BCUT2D eigenvalue weighted by Gasteiger charge is -2.37. The van der Waals surface area contributed by atoms with Gasteiger partial charge in [-0.3, -0.25) is 9.69 Å². The Hall–Kier alpha value is -0.650. The minimum absolute atomic E-state index is 0.288. The summed E-state index contributed by atoms with van der Waals surface area (Å²) in [6.07, 6.45) is 4.11. The number of ether oxygens (including phenoxy) is 1. The molecule has 0 aliphatic carbocycles. The Labute approximate surface area is 116 Å². The van der Waals surface area contributed by atoms with Gasteiger partial charge in [-0.1, -0.05) is 0 Å². The molecular formula is C14H27N3O2. The van der Waals surface area contributed by atoms with Crippen molar-refractivity contribution in [2.45, 2.75) is 44.8 Å². The van der Waals surface area contributed by atoms with Crippen LogP contribution in [0.5, 0.6) is 0 Å². The second-order valence-corrected chi connectivity index (χ2v) is 5.68. The third kappa shape index (κ3) is 4.16. The van der Waals surface area contributed by atoms with Gasteiger partial charge in [-0.25, -0.2) is 0 Å². The van der Waals surface area contributed by atoms with Gasteiger partial charge in [0.05, 0.1) is 6.10 Å². The Kier molecular flexibility index (Phi) is 5.60. The van der Waals surface area contributed by atoms with Crippen LogP contribution >= 0.6 is 0 Å². The second-order valence-electron chi connectivity index (χ2n) is 5.68. The topological polar surface area (TPSA) is 58.8 Å². The number of amides is 1. The monoisotopic (exact) mass is 269 g/mol. The molecule has 0 bridgehead atoms. The van der Waals surface area contributed by atoms with Crippen LogP contribution in [-0.2, 0) is 9.53 Å². The maximum Gasteiger partial charge on any atom is 0.222 e. The first-order valence-corrected chi connectivity index (χ1v) is 7.54. The standard InChI is InChI=1S/C14H27N3O2/c1-12(11-15)16-6-8-17(9-7-16)14(18)5-4-13-3-2-10-19-13/h12-13H,2-11,15H2,1H3. The van der Waals surface area contributed by atoms with Gasteiger partial charge >= 0.3 is 0 Å². The molecule has 2 atom stereocenters. The SMILES string of the molecule is CC(CN)N1CCN(C(=O)CCC2CCCO2)CC1. The zero-order chi connectivity index (χ0) is 13.7. The molecule has 0 aromatic carbocycles. The fourth-order valence-electron chi connectivity index (χ4n) is 2.88. The summed E-state index contributed by atoms with van der Waals surface area (Å²) < 4.78 is 5.56. The lowest BCUT2D eigenvalue weighted by molar-refractivity contribution is -0.133. The molecule has 19 heavy (non-hydrogen) atoms. The summed E-state index contributed by atoms with van der Waals surface area (Å²) in [6.45, 7) is 7.29. The number of piperazine rings is 1. The summed E-state index contributed by atoms with van der Waals surface area (Å²) in [6, 6.07) is 0.421. The predicted molar refractivity (Wildman–Crippen MR) is 74.9 cm³/mol. The fraction of sp³-hybridized carbons (Fsp3) is 0.929. The van der Waals surface area contributed by atoms with Crippen molar-refractivity contribution >= 4 is 5.91 Å². The number of nitrogens with zero attached hydrogens (tertiary/aromatic N) is 2. The van der Waals surface area contributed by atoms with Crippen molar-refractivity contribution in [1.29, 1.82) is 0 Å². The molecule has 5 heteroatoms. The van der Waals surface area contributed by atoms with Crippen molar-refractivity contribution in [3.05, 3.63) is 0 Å². The molecule has 110 valence electrons. The first kappa shape index (κ1) is 14.8. The quantitative estimate of drug-likeness (QED) is 0.786. The summed E-state index contributed by atoms with van der Waals surface area (Å²) >= 11 is 0. The van der Waals surface area contributed by atoms with Crippen molar-refractivity contribution in [3.63, 3.8) is 0 Å². The molecule has 2 fully saturated rings. The highest BCUT2D eigenvalue weighted by Crippen LogP contribution is 2.17. The first-order valence-electron chi connectivity index (χ1n) is 7.54. The number of rotatable bonds is 5. The van der Waals surface area contributed by atoms with Gasteiger partial charge in [0.2, 0.25) is 5.91 Å². The smallest absolute Gasteiger partial charge is 0.222 e. The van der Waals surface area contributed by atoms with Crippen molar-refractivity contribution in [3.8, 4) is 0 Å². The van der Waals surface area contributed by atoms with Gasteiger partial charge in [-0.2, -0.15) is 0 Å². The van der Waals surface area contributed by atoms with Crippen LogP contribution in [0.3, 0.4) is 0 Å². The third-order valence-electron chi connectivity index (χ3n) is 4.34. The summed E-state index contributed by atoms with van der Waals surface area (Å²) in [4.78, 5) is 16.5. The van der Waals surface area contributed by atoms with E-state index < -0.39 is 0 Å². The van der Waals surface area contributed by atoms with E-state index in [1.807, 2.05) is 4.90 Å². The van der Waals surface area contributed by atoms with Gasteiger partial charge in [0.15, 0.2) is 0 Å². The van der Waals surface area contributed by atoms with Crippen LogP contribution in [0.1, 0.15) is 32.6 Å². The van der Waals surface area contributed by atoms with E-state index in [1.165, 1.54) is 0 Å². The van der Waals surface area contributed by atoms with E-state index >= 15 is 0 Å². The molecule has 0 radical (unpaired) electrons. The summed E-state index contributed by atoms with van der Waals surface area (Å²) in [5.74, 6) is 0.288. The van der Waals surface area contributed by atoms with E-state index in [0.717, 1.165) is 52.0 Å². The molecule has 0 spiro atoms. The Morgan fingerprint density at radius 3 is 2.68 bits per heavy atom. The number of carbonyl (C=O) groups excluding carboxylic acids is 1. The lowest BCUT2D eigenvalue weighted by atomic mass is 10.1. The first-order chi connectivity index (χ1) is 9.20. The molecule has 2 aliphatic rings. The molecule has 1 amide bonds. The molecule has 5 nitrogen and oxygen atoms in total. The number of nitrogens with two attached hydrogens (primary N) is 1. The molecule has 2 saturated heterocycles. The predicted octanol–water partition coefficient (Wildman–Crippen LogP) is 0.437. The molecule has 2 N–H and O–H groups in total. The van der Waals surface area contributed by atoms with Crippen LogP contribution in [0.25, 0.3) is 0 Å². The Morgan fingerprint density at radius 1 is 1.37 bits per heavy atom. The minimum atomic E-state index is 0.288. The molecule has 2 unspecified atom stereocenters. The average molecular weight is 269 g/mol. The highest BCUT2D eigenvalue weighted by molar-refractivity contribution is 5.76. The van der Waals surface area contributed by atoms with E-state index in [-0.39, 0.29) is 5.91 Å². The molecule has 2 rings (SSSR count). The zero-order valence-electron chi connectivity index (χ0n) is 12.0. The zero-order valence-corrected chi connectivity index (χ0v) is 12.0. The average Bonchev–Trinajstić information content (AvgIpc) is 2.97. The second kappa shape index (κ2) is 7.22. The van der Waals surface area contributed by atoms with Gasteiger partial charge in [-0.15, -0.1) is 0 Å². The van der Waals surface area contributed by atoms with Gasteiger partial charge in [0.1, 0.15) is 0 Å². The van der Waals surface area contributed by atoms with E-state index in [9.17, 15) is 4.79 Å². The Bertz CT molecular complexity index is 284. The van der Waals surface area contributed by atoms with Gasteiger partial charge in [0.25, 0.3) is 0 Å². The van der Waals surface area contributed by atoms with Gasteiger partial charge in [0, 0.05) is 51.8 Å². The van der Waals surface area contributed by atoms with Crippen LogP contribution in [-0.4, -0.2) is 67.2 Å². The van der Waals surface area contributed by atoms with Gasteiger partial charge in [-0.05, 0) is 26.2 Å². The largest absolute Gasteiger partial charge is 0.378 e. The maximum atomic E-state index is 12.1. The number of hydrogen-bond acceptors (Lipinski definition) is 4. The van der Waals surface area contributed by atoms with Crippen molar-refractivity contribution < 1.29 is 9.53 Å². The summed E-state index contributed by atoms with van der Waals surface area (Å²) in [7, 11) is 0.